The van der Waals surface area contributed by atoms with E-state index in [2.05, 4.69) is 9.97 Å². The van der Waals surface area contributed by atoms with Gasteiger partial charge in [-0.1, -0.05) is 6.42 Å². The highest BCUT2D eigenvalue weighted by Crippen LogP contribution is 2.43. The van der Waals surface area contributed by atoms with Gasteiger partial charge >= 0.3 is 6.09 Å². The Bertz CT molecular complexity index is 1290. The van der Waals surface area contributed by atoms with Crippen molar-refractivity contribution in [1.29, 1.82) is 0 Å². The van der Waals surface area contributed by atoms with Gasteiger partial charge in [-0.05, 0) is 52.0 Å². The van der Waals surface area contributed by atoms with E-state index in [1.165, 1.54) is 14.2 Å². The molecule has 3 unspecified atom stereocenters. The predicted molar refractivity (Wildman–Crippen MR) is 148 cm³/mol. The third-order valence-electron chi connectivity index (χ3n) is 8.17. The highest BCUT2D eigenvalue weighted by molar-refractivity contribution is 5.92. The van der Waals surface area contributed by atoms with Crippen LogP contribution in [0.2, 0.25) is 0 Å². The Morgan fingerprint density at radius 1 is 1.10 bits per heavy atom. The zero-order valence-electron chi connectivity index (χ0n) is 23.9. The molecule has 2 N–H and O–H groups in total. The third kappa shape index (κ3) is 5.27. The fourth-order valence-electron chi connectivity index (χ4n) is 6.34. The Labute approximate surface area is 233 Å². The second-order valence-electron chi connectivity index (χ2n) is 11.8. The van der Waals surface area contributed by atoms with E-state index < -0.39 is 11.4 Å². The Hall–Kier alpha value is -3.57. The van der Waals surface area contributed by atoms with Crippen molar-refractivity contribution in [3.63, 3.8) is 0 Å². The predicted octanol–water partition coefficient (Wildman–Crippen LogP) is 3.59. The standard InChI is InChI=1S/C28H39FN6O5/c1-28(2,3)40-27(37)35-17(13-16-7-6-8-19(16)35)14-21(36)33-9-11-34(12-10-33)26-31-23-18(25(30)32-26)15-20(38-4)24(39-5)22(23)29/h15-17,19H,6-14H2,1-5H3,(H2,30,31,32). The van der Waals surface area contributed by atoms with Gasteiger partial charge in [-0.15, -0.1) is 0 Å². The minimum absolute atomic E-state index is 0.0139. The van der Waals surface area contributed by atoms with Gasteiger partial charge in [0, 0.05) is 50.1 Å². The van der Waals surface area contributed by atoms with E-state index >= 15 is 4.39 Å². The number of hydrogen-bond donors (Lipinski definition) is 1. The Balaban J connectivity index is 1.26. The Morgan fingerprint density at radius 3 is 2.48 bits per heavy atom. The molecule has 0 spiro atoms. The first-order chi connectivity index (χ1) is 19.0. The molecule has 11 nitrogen and oxygen atoms in total. The van der Waals surface area contributed by atoms with Crippen LogP contribution < -0.4 is 20.1 Å². The van der Waals surface area contributed by atoms with Gasteiger partial charge in [0.2, 0.25) is 11.9 Å². The van der Waals surface area contributed by atoms with Crippen LogP contribution in [0.5, 0.6) is 11.5 Å². The molecule has 2 saturated heterocycles. The molecule has 2 aromatic rings. The van der Waals surface area contributed by atoms with Gasteiger partial charge in [-0.25, -0.2) is 14.2 Å². The Kier molecular flexibility index (Phi) is 7.54. The maximum atomic E-state index is 15.2. The number of carbonyl (C=O) groups excluding carboxylic acids is 2. The van der Waals surface area contributed by atoms with Crippen molar-refractivity contribution in [1.82, 2.24) is 19.8 Å². The van der Waals surface area contributed by atoms with E-state index in [1.54, 1.807) is 6.07 Å². The van der Waals surface area contributed by atoms with Crippen LogP contribution in [0.15, 0.2) is 6.07 Å². The summed E-state index contributed by atoms with van der Waals surface area (Å²) in [6.07, 6.45) is 3.93. The fraction of sp³-hybridized carbons (Fsp3) is 0.643. The monoisotopic (exact) mass is 558 g/mol. The molecule has 3 fully saturated rings. The van der Waals surface area contributed by atoms with E-state index in [9.17, 15) is 9.59 Å². The van der Waals surface area contributed by atoms with E-state index in [4.69, 9.17) is 19.9 Å². The summed E-state index contributed by atoms with van der Waals surface area (Å²) in [5.41, 5.74) is 5.64. The number of methoxy groups -OCH3 is 2. The largest absolute Gasteiger partial charge is 0.493 e. The smallest absolute Gasteiger partial charge is 0.410 e. The molecule has 12 heteroatoms. The number of nitrogens with two attached hydrogens (primary N) is 1. The van der Waals surface area contributed by atoms with Gasteiger partial charge in [0.1, 0.15) is 16.9 Å². The summed E-state index contributed by atoms with van der Waals surface area (Å²) in [6.45, 7) is 7.44. The minimum Gasteiger partial charge on any atom is -0.493 e. The molecular formula is C28H39FN6O5. The lowest BCUT2D eigenvalue weighted by Gasteiger charge is -2.36. The number of ether oxygens (including phenoxy) is 3. The van der Waals surface area contributed by atoms with Gasteiger partial charge in [0.05, 0.1) is 14.2 Å². The van der Waals surface area contributed by atoms with Gasteiger partial charge < -0.3 is 34.6 Å². The third-order valence-corrected chi connectivity index (χ3v) is 8.17. The van der Waals surface area contributed by atoms with Gasteiger partial charge in [-0.3, -0.25) is 4.79 Å². The van der Waals surface area contributed by atoms with E-state index in [0.29, 0.717) is 43.4 Å². The van der Waals surface area contributed by atoms with Crippen LogP contribution >= 0.6 is 0 Å². The summed E-state index contributed by atoms with van der Waals surface area (Å²) < 4.78 is 31.3. The number of amides is 2. The number of hydrogen-bond acceptors (Lipinski definition) is 9. The number of likely N-dealkylation sites (tertiary alicyclic amines) is 1. The number of anilines is 2. The molecule has 1 aromatic heterocycles. The first kappa shape index (κ1) is 28.0. The molecular weight excluding hydrogens is 519 g/mol. The van der Waals surface area contributed by atoms with Crippen LogP contribution in [0.1, 0.15) is 52.9 Å². The first-order valence-electron chi connectivity index (χ1n) is 13.9. The summed E-state index contributed by atoms with van der Waals surface area (Å²) in [5.74, 6) is 0.355. The number of nitrogens with zero attached hydrogens (tertiary/aromatic N) is 5. The number of benzene rings is 1. The second-order valence-corrected chi connectivity index (χ2v) is 11.8. The van der Waals surface area contributed by atoms with E-state index in [-0.39, 0.29) is 53.3 Å². The average molecular weight is 559 g/mol. The number of aromatic nitrogens is 2. The van der Waals surface area contributed by atoms with Crippen LogP contribution in [0.4, 0.5) is 21.0 Å². The zero-order chi connectivity index (χ0) is 28.8. The van der Waals surface area contributed by atoms with Crippen molar-refractivity contribution in [3.05, 3.63) is 11.9 Å². The van der Waals surface area contributed by atoms with Crippen LogP contribution in [0, 0.1) is 11.7 Å². The molecule has 218 valence electrons. The normalized spacial score (nSPS) is 22.9. The number of rotatable bonds is 5. The molecule has 40 heavy (non-hydrogen) atoms. The number of halogens is 1. The van der Waals surface area contributed by atoms with Crippen LogP contribution in [-0.4, -0.2) is 89.9 Å². The Morgan fingerprint density at radius 2 is 1.82 bits per heavy atom. The molecule has 5 rings (SSSR count). The number of piperazine rings is 1. The number of nitrogen functional groups attached to an aromatic ring is 1. The second kappa shape index (κ2) is 10.8. The molecule has 3 atom stereocenters. The number of fused-ring (bicyclic) bond motifs is 2. The van der Waals surface area contributed by atoms with E-state index in [1.807, 2.05) is 35.5 Å². The molecule has 1 aromatic carbocycles. The van der Waals surface area contributed by atoms with Crippen molar-refractivity contribution in [2.24, 2.45) is 5.92 Å². The maximum Gasteiger partial charge on any atom is 0.410 e. The van der Waals surface area contributed by atoms with Crippen LogP contribution in [0.3, 0.4) is 0 Å². The van der Waals surface area contributed by atoms with Crippen molar-refractivity contribution in [2.75, 3.05) is 51.0 Å². The van der Waals surface area contributed by atoms with Crippen molar-refractivity contribution in [2.45, 2.75) is 70.6 Å². The average Bonchev–Trinajstić information content (AvgIpc) is 3.48. The summed E-state index contributed by atoms with van der Waals surface area (Å²) >= 11 is 0. The van der Waals surface area contributed by atoms with E-state index in [0.717, 1.165) is 25.7 Å². The van der Waals surface area contributed by atoms with Crippen molar-refractivity contribution in [3.8, 4) is 11.5 Å². The molecule has 0 bridgehead atoms. The minimum atomic E-state index is -0.670. The van der Waals surface area contributed by atoms with Crippen molar-refractivity contribution < 1.29 is 28.2 Å². The topological polar surface area (TPSA) is 123 Å². The quantitative estimate of drug-likeness (QED) is 0.586. The van der Waals surface area contributed by atoms with Crippen LogP contribution in [-0.2, 0) is 9.53 Å². The summed E-state index contributed by atoms with van der Waals surface area (Å²) in [7, 11) is 2.78. The molecule has 1 saturated carbocycles. The SMILES string of the molecule is COc1cc2c(N)nc(N3CCN(C(=O)CC4CC5CCCC5N4C(=O)OC(C)(C)C)CC3)nc2c(F)c1OC. The first-order valence-corrected chi connectivity index (χ1v) is 13.9. The summed E-state index contributed by atoms with van der Waals surface area (Å²) in [5, 5.41) is 0.337. The zero-order valence-corrected chi connectivity index (χ0v) is 23.9. The molecule has 0 radical (unpaired) electrons. The lowest BCUT2D eigenvalue weighted by Crippen LogP contribution is -2.51. The van der Waals surface area contributed by atoms with Crippen molar-refractivity contribution >= 4 is 34.7 Å². The lowest BCUT2D eigenvalue weighted by atomic mass is 10.0. The fourth-order valence-corrected chi connectivity index (χ4v) is 6.34. The highest BCUT2D eigenvalue weighted by atomic mass is 19.1. The lowest BCUT2D eigenvalue weighted by molar-refractivity contribution is -0.132. The maximum absolute atomic E-state index is 15.2. The highest BCUT2D eigenvalue weighted by Gasteiger charge is 2.48. The molecule has 2 amide bonds. The summed E-state index contributed by atoms with van der Waals surface area (Å²) in [4.78, 5) is 40.9. The van der Waals surface area contributed by atoms with Crippen LogP contribution in [0.25, 0.3) is 10.9 Å². The van der Waals surface area contributed by atoms with Gasteiger partial charge in [0.25, 0.3) is 0 Å². The number of carbonyl (C=O) groups is 2. The molecule has 2 aliphatic heterocycles. The van der Waals surface area contributed by atoms with Gasteiger partial charge in [0.15, 0.2) is 17.3 Å². The molecule has 3 heterocycles. The molecule has 3 aliphatic rings. The molecule has 1 aliphatic carbocycles. The van der Waals surface area contributed by atoms with Gasteiger partial charge in [-0.2, -0.15) is 4.98 Å². The summed E-state index contributed by atoms with van der Waals surface area (Å²) in [6, 6.07) is 1.55.